The lowest BCUT2D eigenvalue weighted by Crippen LogP contribution is -1.99. The van der Waals surface area contributed by atoms with Crippen molar-refractivity contribution in [2.75, 3.05) is 0 Å². The molecule has 0 saturated carbocycles. The first kappa shape index (κ1) is 10.8. The third kappa shape index (κ3) is 1.72. The molecular weight excluding hydrogens is 258 g/mol. The number of aromatic nitrogens is 3. The predicted octanol–water partition coefficient (Wildman–Crippen LogP) is 2.34. The Morgan fingerprint density at radius 2 is 2.17 bits per heavy atom. The van der Waals surface area contributed by atoms with E-state index in [0.29, 0.717) is 17.2 Å². The molecule has 7 heteroatoms. The number of hydrogen-bond donors (Lipinski definition) is 1. The number of carbonyl (C=O) groups is 1. The van der Waals surface area contributed by atoms with Gasteiger partial charge in [-0.05, 0) is 35.9 Å². The Morgan fingerprint density at radius 1 is 1.33 bits per heavy atom. The van der Waals surface area contributed by atoms with Crippen LogP contribution in [0.15, 0.2) is 34.9 Å². The van der Waals surface area contributed by atoms with E-state index in [2.05, 4.69) is 10.1 Å². The molecule has 0 radical (unpaired) electrons. The van der Waals surface area contributed by atoms with Crippen molar-refractivity contribution in [3.05, 3.63) is 41.2 Å². The van der Waals surface area contributed by atoms with Crippen molar-refractivity contribution in [3.8, 4) is 11.6 Å². The van der Waals surface area contributed by atoms with Crippen LogP contribution in [0.1, 0.15) is 10.4 Å². The van der Waals surface area contributed by atoms with Crippen LogP contribution in [0.5, 0.6) is 0 Å². The second-order valence-corrected chi connectivity index (χ2v) is 3.94. The highest BCUT2D eigenvalue weighted by Gasteiger charge is 2.11. The lowest BCUT2D eigenvalue weighted by atomic mass is 10.3. The Bertz CT molecular complexity index is 747. The summed E-state index contributed by atoms with van der Waals surface area (Å²) in [5, 5.41) is 13.2. The predicted molar refractivity (Wildman–Crippen MR) is 62.7 cm³/mol. The number of fused-ring (bicyclic) bond motifs is 1. The van der Waals surface area contributed by atoms with Crippen LogP contribution in [0.4, 0.5) is 0 Å². The summed E-state index contributed by atoms with van der Waals surface area (Å²) in [6.07, 6.45) is 1.39. The summed E-state index contributed by atoms with van der Waals surface area (Å²) in [4.78, 5) is 15.0. The molecule has 0 aliphatic rings. The number of nitrogens with zero attached hydrogens (tertiary/aromatic N) is 3. The molecule has 3 aromatic heterocycles. The minimum atomic E-state index is -1.02. The molecule has 0 amide bonds. The fourth-order valence-electron chi connectivity index (χ4n) is 1.55. The number of rotatable bonds is 2. The van der Waals surface area contributed by atoms with Crippen LogP contribution in [-0.4, -0.2) is 25.7 Å². The first-order valence-corrected chi connectivity index (χ1v) is 5.37. The van der Waals surface area contributed by atoms with Crippen molar-refractivity contribution < 1.29 is 14.3 Å². The van der Waals surface area contributed by atoms with E-state index in [-0.39, 0.29) is 10.8 Å². The Kier molecular flexibility index (Phi) is 2.31. The van der Waals surface area contributed by atoms with Crippen LogP contribution in [-0.2, 0) is 0 Å². The molecule has 1 N–H and O–H groups in total. The molecule has 90 valence electrons. The molecule has 18 heavy (non-hydrogen) atoms. The molecule has 3 rings (SSSR count). The fraction of sp³-hybridized carbons (Fsp3) is 0. The van der Waals surface area contributed by atoms with Crippen molar-refractivity contribution in [2.24, 2.45) is 0 Å². The van der Waals surface area contributed by atoms with Crippen molar-refractivity contribution in [1.29, 1.82) is 0 Å². The van der Waals surface area contributed by atoms with E-state index in [1.165, 1.54) is 16.8 Å². The highest BCUT2D eigenvalue weighted by molar-refractivity contribution is 6.28. The Hall–Kier alpha value is -2.34. The molecular formula is C11H6ClN3O3. The third-order valence-electron chi connectivity index (χ3n) is 2.37. The highest BCUT2D eigenvalue weighted by Crippen LogP contribution is 2.22. The number of pyridine rings is 1. The summed E-state index contributed by atoms with van der Waals surface area (Å²) in [6, 6.07) is 6.27. The van der Waals surface area contributed by atoms with Gasteiger partial charge in [0.05, 0.1) is 5.56 Å². The van der Waals surface area contributed by atoms with Gasteiger partial charge in [-0.3, -0.25) is 0 Å². The van der Waals surface area contributed by atoms with Crippen LogP contribution in [0.3, 0.4) is 0 Å². The first-order chi connectivity index (χ1) is 8.63. The minimum Gasteiger partial charge on any atom is -0.478 e. The zero-order valence-corrected chi connectivity index (χ0v) is 9.63. The summed E-state index contributed by atoms with van der Waals surface area (Å²) >= 11 is 5.67. The smallest absolute Gasteiger partial charge is 0.337 e. The molecule has 0 unspecified atom stereocenters. The summed E-state index contributed by atoms with van der Waals surface area (Å²) in [6.45, 7) is 0. The van der Waals surface area contributed by atoms with Gasteiger partial charge in [-0.2, -0.15) is 0 Å². The first-order valence-electron chi connectivity index (χ1n) is 4.99. The Labute approximate surface area is 105 Å². The van der Waals surface area contributed by atoms with Crippen LogP contribution in [0.25, 0.3) is 17.2 Å². The normalized spacial score (nSPS) is 10.9. The molecule has 0 aliphatic heterocycles. The molecule has 6 nitrogen and oxygen atoms in total. The molecule has 0 saturated heterocycles. The van der Waals surface area contributed by atoms with Crippen LogP contribution >= 0.6 is 11.6 Å². The van der Waals surface area contributed by atoms with Gasteiger partial charge in [0, 0.05) is 6.20 Å². The zero-order chi connectivity index (χ0) is 12.7. The molecule has 0 spiro atoms. The molecule has 3 aromatic rings. The van der Waals surface area contributed by atoms with Gasteiger partial charge >= 0.3 is 5.97 Å². The van der Waals surface area contributed by atoms with Crippen molar-refractivity contribution in [3.63, 3.8) is 0 Å². The van der Waals surface area contributed by atoms with E-state index in [1.807, 2.05) is 0 Å². The largest absolute Gasteiger partial charge is 0.478 e. The lowest BCUT2D eigenvalue weighted by Gasteiger charge is -1.93. The summed E-state index contributed by atoms with van der Waals surface area (Å²) in [5.41, 5.74) is 0.666. The van der Waals surface area contributed by atoms with Gasteiger partial charge < -0.3 is 9.52 Å². The van der Waals surface area contributed by atoms with E-state index in [1.54, 1.807) is 18.2 Å². The summed E-state index contributed by atoms with van der Waals surface area (Å²) in [7, 11) is 0. The summed E-state index contributed by atoms with van der Waals surface area (Å²) in [5.74, 6) is -0.236. The molecule has 0 aromatic carbocycles. The van der Waals surface area contributed by atoms with Crippen LogP contribution < -0.4 is 0 Å². The van der Waals surface area contributed by atoms with E-state index in [0.717, 1.165) is 0 Å². The number of furan rings is 1. The topological polar surface area (TPSA) is 80.6 Å². The number of halogens is 1. The maximum atomic E-state index is 10.8. The van der Waals surface area contributed by atoms with E-state index in [4.69, 9.17) is 21.1 Å². The van der Waals surface area contributed by atoms with Gasteiger partial charge in [0.15, 0.2) is 16.6 Å². The van der Waals surface area contributed by atoms with Gasteiger partial charge in [-0.25, -0.2) is 14.3 Å². The third-order valence-corrected chi connectivity index (χ3v) is 2.57. The second-order valence-electron chi connectivity index (χ2n) is 3.56. The van der Waals surface area contributed by atoms with Crippen LogP contribution in [0.2, 0.25) is 5.22 Å². The molecule has 0 aliphatic carbocycles. The SMILES string of the molecule is O=C(O)c1ccc2nc(-c3ccc(Cl)o3)nn2c1. The number of aromatic carboxylic acids is 1. The zero-order valence-electron chi connectivity index (χ0n) is 8.87. The van der Waals surface area contributed by atoms with E-state index in [9.17, 15) is 4.79 Å². The monoisotopic (exact) mass is 263 g/mol. The average Bonchev–Trinajstić information content (AvgIpc) is 2.93. The van der Waals surface area contributed by atoms with Gasteiger partial charge in [0.25, 0.3) is 0 Å². The number of carboxylic acid groups (broad SMARTS) is 1. The Balaban J connectivity index is 2.13. The molecule has 3 heterocycles. The lowest BCUT2D eigenvalue weighted by molar-refractivity contribution is 0.0696. The van der Waals surface area contributed by atoms with Gasteiger partial charge in [0.2, 0.25) is 5.82 Å². The van der Waals surface area contributed by atoms with Gasteiger partial charge in [-0.1, -0.05) is 0 Å². The molecule has 0 bridgehead atoms. The summed E-state index contributed by atoms with van der Waals surface area (Å²) < 4.78 is 6.57. The fourth-order valence-corrected chi connectivity index (χ4v) is 1.69. The minimum absolute atomic E-state index is 0.136. The molecule has 0 atom stereocenters. The second kappa shape index (κ2) is 3.85. The van der Waals surface area contributed by atoms with Crippen LogP contribution in [0, 0.1) is 0 Å². The van der Waals surface area contributed by atoms with Gasteiger partial charge in [-0.15, -0.1) is 5.10 Å². The van der Waals surface area contributed by atoms with Crippen molar-refractivity contribution in [2.45, 2.75) is 0 Å². The maximum absolute atomic E-state index is 10.8. The maximum Gasteiger partial charge on any atom is 0.337 e. The highest BCUT2D eigenvalue weighted by atomic mass is 35.5. The van der Waals surface area contributed by atoms with Crippen molar-refractivity contribution >= 4 is 23.2 Å². The van der Waals surface area contributed by atoms with Gasteiger partial charge in [0.1, 0.15) is 0 Å². The quantitative estimate of drug-likeness (QED) is 0.767. The van der Waals surface area contributed by atoms with E-state index >= 15 is 0 Å². The number of hydrogen-bond acceptors (Lipinski definition) is 4. The van der Waals surface area contributed by atoms with E-state index < -0.39 is 5.97 Å². The standard InChI is InChI=1S/C11H6ClN3O3/c12-8-3-2-7(18-8)10-13-9-4-1-6(11(16)17)5-15(9)14-10/h1-5H,(H,16,17). The molecule has 0 fully saturated rings. The Morgan fingerprint density at radius 3 is 2.83 bits per heavy atom. The average molecular weight is 264 g/mol. The van der Waals surface area contributed by atoms with Crippen molar-refractivity contribution in [1.82, 2.24) is 14.6 Å². The number of carboxylic acids is 1.